The summed E-state index contributed by atoms with van der Waals surface area (Å²) in [7, 11) is -3.70. The maximum absolute atomic E-state index is 12.2. The van der Waals surface area contributed by atoms with Crippen molar-refractivity contribution in [3.8, 4) is 0 Å². The first-order valence-corrected chi connectivity index (χ1v) is 9.31. The Hall–Kier alpha value is -2.35. The van der Waals surface area contributed by atoms with Crippen LogP contribution in [-0.4, -0.2) is 18.6 Å². The van der Waals surface area contributed by atoms with Crippen molar-refractivity contribution in [2.75, 3.05) is 10.0 Å². The summed E-state index contributed by atoms with van der Waals surface area (Å²) in [5, 5.41) is 11.7. The van der Waals surface area contributed by atoms with E-state index in [0.29, 0.717) is 21.6 Å². The van der Waals surface area contributed by atoms with Gasteiger partial charge in [-0.2, -0.15) is 0 Å². The Kier molecular flexibility index (Phi) is 5.08. The zero-order valence-electron chi connectivity index (χ0n) is 12.6. The molecule has 0 amide bonds. The van der Waals surface area contributed by atoms with Crippen LogP contribution in [-0.2, 0) is 10.0 Å². The molecule has 25 heavy (non-hydrogen) atoms. The molecule has 1 heterocycles. The van der Waals surface area contributed by atoms with Gasteiger partial charge in [-0.1, -0.05) is 41.4 Å². The molecule has 6 nitrogen and oxygen atoms in total. The molecule has 0 aliphatic heterocycles. The van der Waals surface area contributed by atoms with Gasteiger partial charge in [0, 0.05) is 15.7 Å². The van der Waals surface area contributed by atoms with Gasteiger partial charge in [0.2, 0.25) is 0 Å². The molecule has 2 aromatic carbocycles. The van der Waals surface area contributed by atoms with Crippen molar-refractivity contribution >= 4 is 50.5 Å². The van der Waals surface area contributed by atoms with Crippen molar-refractivity contribution in [3.63, 3.8) is 0 Å². The van der Waals surface area contributed by atoms with E-state index in [1.165, 1.54) is 18.2 Å². The van der Waals surface area contributed by atoms with E-state index in [-0.39, 0.29) is 10.7 Å². The summed E-state index contributed by atoms with van der Waals surface area (Å²) in [6, 6.07) is 16.1. The molecule has 0 aliphatic carbocycles. The highest BCUT2D eigenvalue weighted by Gasteiger charge is 2.14. The first-order valence-electron chi connectivity index (χ1n) is 7.07. The first-order chi connectivity index (χ1) is 11.9. The van der Waals surface area contributed by atoms with Gasteiger partial charge in [0.25, 0.3) is 10.0 Å². The fraction of sp³-hybridized carbons (Fsp3) is 0. The van der Waals surface area contributed by atoms with Crippen molar-refractivity contribution in [2.45, 2.75) is 4.90 Å². The van der Waals surface area contributed by atoms with Crippen LogP contribution in [0.1, 0.15) is 0 Å². The van der Waals surface area contributed by atoms with Gasteiger partial charge in [0.05, 0.1) is 4.90 Å². The molecule has 0 aliphatic rings. The van der Waals surface area contributed by atoms with Gasteiger partial charge < -0.3 is 5.32 Å². The second kappa shape index (κ2) is 7.26. The molecule has 0 radical (unpaired) electrons. The molecule has 2 N–H and O–H groups in total. The lowest BCUT2D eigenvalue weighted by Crippen LogP contribution is -2.14. The summed E-state index contributed by atoms with van der Waals surface area (Å²) < 4.78 is 26.8. The van der Waals surface area contributed by atoms with Crippen LogP contribution in [0.4, 0.5) is 17.3 Å². The molecule has 1 aromatic heterocycles. The Labute approximate surface area is 154 Å². The number of hydrogen-bond acceptors (Lipinski definition) is 5. The number of nitrogens with one attached hydrogen (secondary N) is 2. The molecule has 9 heteroatoms. The summed E-state index contributed by atoms with van der Waals surface area (Å²) in [6.07, 6.45) is 0. The minimum absolute atomic E-state index is 0.110. The molecular weight excluding hydrogens is 383 g/mol. The van der Waals surface area contributed by atoms with Crippen LogP contribution in [0, 0.1) is 0 Å². The number of nitrogens with zero attached hydrogens (tertiary/aromatic N) is 2. The lowest BCUT2D eigenvalue weighted by atomic mass is 10.3. The van der Waals surface area contributed by atoms with Crippen molar-refractivity contribution in [2.24, 2.45) is 0 Å². The van der Waals surface area contributed by atoms with Gasteiger partial charge >= 0.3 is 0 Å². The van der Waals surface area contributed by atoms with Crippen LogP contribution in [0.2, 0.25) is 10.0 Å². The van der Waals surface area contributed by atoms with E-state index < -0.39 is 10.0 Å². The highest BCUT2D eigenvalue weighted by Crippen LogP contribution is 2.24. The third-order valence-electron chi connectivity index (χ3n) is 3.09. The fourth-order valence-corrected chi connectivity index (χ4v) is 3.57. The van der Waals surface area contributed by atoms with E-state index in [1.807, 2.05) is 0 Å². The second-order valence-corrected chi connectivity index (χ2v) is 7.56. The lowest BCUT2D eigenvalue weighted by molar-refractivity contribution is 0.601. The largest absolute Gasteiger partial charge is 0.339 e. The minimum Gasteiger partial charge on any atom is -0.339 e. The van der Waals surface area contributed by atoms with Crippen LogP contribution in [0.25, 0.3) is 0 Å². The second-order valence-electron chi connectivity index (χ2n) is 5.01. The normalized spacial score (nSPS) is 11.1. The number of halogens is 2. The molecule has 0 atom stereocenters. The lowest BCUT2D eigenvalue weighted by Gasteiger charge is -2.09. The fourth-order valence-electron chi connectivity index (χ4n) is 2.02. The van der Waals surface area contributed by atoms with E-state index in [1.54, 1.807) is 42.5 Å². The third-order valence-corrected chi connectivity index (χ3v) is 4.90. The van der Waals surface area contributed by atoms with E-state index in [4.69, 9.17) is 23.2 Å². The van der Waals surface area contributed by atoms with Crippen molar-refractivity contribution < 1.29 is 8.42 Å². The Bertz CT molecular complexity index is 961. The zero-order chi connectivity index (χ0) is 17.9. The standard InChI is InChI=1S/C16H12Cl2N4O2S/c17-11-8-12(18)10-13(9-11)19-15-6-7-16(21-20-15)22-25(23,24)14-4-2-1-3-5-14/h1-10H,(H,19,20)(H,21,22). The molecule has 3 rings (SSSR count). The van der Waals surface area contributed by atoms with E-state index in [2.05, 4.69) is 20.2 Å². The molecule has 0 spiro atoms. The van der Waals surface area contributed by atoms with Crippen LogP contribution in [0.15, 0.2) is 65.6 Å². The van der Waals surface area contributed by atoms with E-state index in [0.717, 1.165) is 0 Å². The maximum atomic E-state index is 12.2. The SMILES string of the molecule is O=S(=O)(Nc1ccc(Nc2cc(Cl)cc(Cl)c2)nn1)c1ccccc1. The van der Waals surface area contributed by atoms with Crippen LogP contribution >= 0.6 is 23.2 Å². The number of anilines is 3. The van der Waals surface area contributed by atoms with Crippen LogP contribution in [0.5, 0.6) is 0 Å². The zero-order valence-corrected chi connectivity index (χ0v) is 15.0. The molecule has 128 valence electrons. The molecule has 0 bridgehead atoms. The first kappa shape index (κ1) is 17.5. The quantitative estimate of drug-likeness (QED) is 0.672. The molecule has 0 fully saturated rings. The average Bonchev–Trinajstić information content (AvgIpc) is 2.56. The van der Waals surface area contributed by atoms with Crippen LogP contribution in [0.3, 0.4) is 0 Å². The monoisotopic (exact) mass is 394 g/mol. The summed E-state index contributed by atoms with van der Waals surface area (Å²) in [5.74, 6) is 0.527. The number of sulfonamides is 1. The van der Waals surface area contributed by atoms with Crippen molar-refractivity contribution in [1.29, 1.82) is 0 Å². The Morgan fingerprint density at radius 1 is 0.800 bits per heavy atom. The van der Waals surface area contributed by atoms with E-state index >= 15 is 0 Å². The van der Waals surface area contributed by atoms with Gasteiger partial charge in [-0.25, -0.2) is 8.42 Å². The summed E-state index contributed by atoms with van der Waals surface area (Å²) >= 11 is 11.9. The van der Waals surface area contributed by atoms with Gasteiger partial charge in [-0.3, -0.25) is 4.72 Å². The van der Waals surface area contributed by atoms with Gasteiger partial charge in [-0.05, 0) is 42.5 Å². The number of hydrogen-bond donors (Lipinski definition) is 2. The number of benzene rings is 2. The predicted molar refractivity (Wildman–Crippen MR) is 99.0 cm³/mol. The van der Waals surface area contributed by atoms with E-state index in [9.17, 15) is 8.42 Å². The third kappa shape index (κ3) is 4.60. The molecule has 3 aromatic rings. The molecule has 0 unspecified atom stereocenters. The Morgan fingerprint density at radius 3 is 2.00 bits per heavy atom. The van der Waals surface area contributed by atoms with Gasteiger partial charge in [0.1, 0.15) is 0 Å². The van der Waals surface area contributed by atoms with Crippen LogP contribution < -0.4 is 10.0 Å². The predicted octanol–water partition coefficient (Wildman–Crippen LogP) is 4.33. The van der Waals surface area contributed by atoms with Crippen molar-refractivity contribution in [1.82, 2.24) is 10.2 Å². The topological polar surface area (TPSA) is 84.0 Å². The molecular formula is C16H12Cl2N4O2S. The Morgan fingerprint density at radius 2 is 1.40 bits per heavy atom. The summed E-state index contributed by atoms with van der Waals surface area (Å²) in [5.41, 5.74) is 0.643. The van der Waals surface area contributed by atoms with Gasteiger partial charge in [-0.15, -0.1) is 10.2 Å². The highest BCUT2D eigenvalue weighted by molar-refractivity contribution is 7.92. The number of aromatic nitrogens is 2. The average molecular weight is 395 g/mol. The van der Waals surface area contributed by atoms with Gasteiger partial charge in [0.15, 0.2) is 11.6 Å². The number of rotatable bonds is 5. The molecule has 0 saturated carbocycles. The summed E-state index contributed by atoms with van der Waals surface area (Å²) in [6.45, 7) is 0. The Balaban J connectivity index is 1.74. The summed E-state index contributed by atoms with van der Waals surface area (Å²) in [4.78, 5) is 0.146. The maximum Gasteiger partial charge on any atom is 0.263 e. The smallest absolute Gasteiger partial charge is 0.263 e. The minimum atomic E-state index is -3.70. The highest BCUT2D eigenvalue weighted by atomic mass is 35.5. The molecule has 0 saturated heterocycles. The van der Waals surface area contributed by atoms with Crippen molar-refractivity contribution in [3.05, 3.63) is 70.7 Å².